The fourth-order valence-electron chi connectivity index (χ4n) is 1.56. The molecule has 0 aliphatic rings. The molecule has 0 saturated heterocycles. The normalized spacial score (nSPS) is 14.4. The third-order valence-electron chi connectivity index (χ3n) is 1.73. The van der Waals surface area contributed by atoms with Gasteiger partial charge in [0.05, 0.1) is 6.42 Å². The molecule has 0 amide bonds. The Morgan fingerprint density at radius 3 is 2.36 bits per heavy atom. The third kappa shape index (κ3) is 8.01. The second-order valence-electron chi connectivity index (χ2n) is 5.12. The van der Waals surface area contributed by atoms with Gasteiger partial charge in [0.25, 0.3) is 0 Å². The summed E-state index contributed by atoms with van der Waals surface area (Å²) >= 11 is 0. The quantitative estimate of drug-likeness (QED) is 0.691. The lowest BCUT2D eigenvalue weighted by Gasteiger charge is -2.28. The minimum Gasteiger partial charge on any atom is -0.481 e. The molecule has 3 N–H and O–H groups in total. The second-order valence-corrected chi connectivity index (χ2v) is 5.12. The van der Waals surface area contributed by atoms with Crippen LogP contribution in [0, 0.1) is 5.41 Å². The Morgan fingerprint density at radius 1 is 1.50 bits per heavy atom. The van der Waals surface area contributed by atoms with Crippen LogP contribution in [0.4, 0.5) is 0 Å². The molecule has 0 spiro atoms. The SMILES string of the molecule is CN(CC(N)CC(=O)O)CC(C)(C)C. The summed E-state index contributed by atoms with van der Waals surface area (Å²) in [7, 11) is 1.97. The lowest BCUT2D eigenvalue weighted by atomic mass is 9.96. The number of carbonyl (C=O) groups is 1. The lowest BCUT2D eigenvalue weighted by Crippen LogP contribution is -2.40. The number of nitrogens with two attached hydrogens (primary N) is 1. The number of aliphatic carboxylic acids is 1. The van der Waals surface area contributed by atoms with Gasteiger partial charge in [-0.3, -0.25) is 4.79 Å². The first-order chi connectivity index (χ1) is 6.20. The van der Waals surface area contributed by atoms with E-state index in [0.717, 1.165) is 6.54 Å². The van der Waals surface area contributed by atoms with Gasteiger partial charge in [-0.05, 0) is 12.5 Å². The Balaban J connectivity index is 3.82. The number of hydrogen-bond acceptors (Lipinski definition) is 3. The van der Waals surface area contributed by atoms with Crippen molar-refractivity contribution in [3.8, 4) is 0 Å². The zero-order valence-corrected chi connectivity index (χ0v) is 9.58. The summed E-state index contributed by atoms with van der Waals surface area (Å²) in [6, 6.07) is -0.278. The van der Waals surface area contributed by atoms with Crippen molar-refractivity contribution in [3.05, 3.63) is 0 Å². The molecule has 0 aromatic heterocycles. The van der Waals surface area contributed by atoms with Gasteiger partial charge < -0.3 is 15.7 Å². The van der Waals surface area contributed by atoms with Gasteiger partial charge in [0.1, 0.15) is 0 Å². The minimum atomic E-state index is -0.832. The topological polar surface area (TPSA) is 66.6 Å². The van der Waals surface area contributed by atoms with Crippen molar-refractivity contribution in [2.45, 2.75) is 33.2 Å². The number of hydrogen-bond donors (Lipinski definition) is 2. The number of rotatable bonds is 5. The highest BCUT2D eigenvalue weighted by molar-refractivity contribution is 5.67. The van der Waals surface area contributed by atoms with Crippen molar-refractivity contribution in [2.24, 2.45) is 11.1 Å². The first kappa shape index (κ1) is 13.4. The average molecular weight is 202 g/mol. The zero-order valence-electron chi connectivity index (χ0n) is 9.58. The molecule has 0 bridgehead atoms. The Labute approximate surface area is 86.1 Å². The van der Waals surface area contributed by atoms with E-state index in [1.54, 1.807) is 0 Å². The highest BCUT2D eigenvalue weighted by Crippen LogP contribution is 2.14. The van der Waals surface area contributed by atoms with Crippen molar-refractivity contribution < 1.29 is 9.90 Å². The van der Waals surface area contributed by atoms with E-state index in [9.17, 15) is 4.79 Å². The summed E-state index contributed by atoms with van der Waals surface area (Å²) in [5.74, 6) is -0.832. The van der Waals surface area contributed by atoms with Gasteiger partial charge in [0, 0.05) is 19.1 Å². The van der Waals surface area contributed by atoms with E-state index < -0.39 is 5.97 Å². The van der Waals surface area contributed by atoms with Crippen LogP contribution < -0.4 is 5.73 Å². The van der Waals surface area contributed by atoms with E-state index in [2.05, 4.69) is 25.7 Å². The molecule has 0 heterocycles. The van der Waals surface area contributed by atoms with Gasteiger partial charge in [0.15, 0.2) is 0 Å². The fourth-order valence-corrected chi connectivity index (χ4v) is 1.56. The van der Waals surface area contributed by atoms with E-state index in [0.29, 0.717) is 6.54 Å². The molecule has 0 aliphatic heterocycles. The smallest absolute Gasteiger partial charge is 0.304 e. The van der Waals surface area contributed by atoms with E-state index >= 15 is 0 Å². The summed E-state index contributed by atoms with van der Waals surface area (Å²) in [4.78, 5) is 12.5. The molecule has 0 fully saturated rings. The summed E-state index contributed by atoms with van der Waals surface area (Å²) in [5.41, 5.74) is 5.89. The molecule has 0 rings (SSSR count). The van der Waals surface area contributed by atoms with Gasteiger partial charge in [0.2, 0.25) is 0 Å². The maximum absolute atomic E-state index is 10.4. The molecular formula is C10H22N2O2. The Hall–Kier alpha value is -0.610. The highest BCUT2D eigenvalue weighted by atomic mass is 16.4. The van der Waals surface area contributed by atoms with Crippen LogP contribution in [0.3, 0.4) is 0 Å². The van der Waals surface area contributed by atoms with Crippen molar-refractivity contribution in [3.63, 3.8) is 0 Å². The Morgan fingerprint density at radius 2 is 2.00 bits per heavy atom. The van der Waals surface area contributed by atoms with Crippen molar-refractivity contribution in [1.82, 2.24) is 4.90 Å². The number of carboxylic acids is 1. The van der Waals surface area contributed by atoms with Crippen molar-refractivity contribution in [2.75, 3.05) is 20.1 Å². The predicted octanol–water partition coefficient (Wildman–Crippen LogP) is 0.766. The number of nitrogens with zero attached hydrogens (tertiary/aromatic N) is 1. The molecule has 0 saturated carbocycles. The van der Waals surface area contributed by atoms with Crippen LogP contribution in [0.2, 0.25) is 0 Å². The summed E-state index contributed by atoms with van der Waals surface area (Å²) in [5, 5.41) is 8.53. The monoisotopic (exact) mass is 202 g/mol. The maximum atomic E-state index is 10.4. The standard InChI is InChI=1S/C10H22N2O2/c1-10(2,3)7-12(4)6-8(11)5-9(13)14/h8H,5-7,11H2,1-4H3,(H,13,14). The summed E-state index contributed by atoms with van der Waals surface area (Å²) < 4.78 is 0. The lowest BCUT2D eigenvalue weighted by molar-refractivity contribution is -0.137. The number of carboxylic acid groups (broad SMARTS) is 1. The minimum absolute atomic E-state index is 0.0362. The van der Waals surface area contributed by atoms with Crippen molar-refractivity contribution in [1.29, 1.82) is 0 Å². The van der Waals surface area contributed by atoms with E-state index in [1.165, 1.54) is 0 Å². The summed E-state index contributed by atoms with van der Waals surface area (Å²) in [6.07, 6.45) is 0.0362. The van der Waals surface area contributed by atoms with Gasteiger partial charge in [-0.2, -0.15) is 0 Å². The molecule has 1 unspecified atom stereocenters. The van der Waals surface area contributed by atoms with E-state index in [4.69, 9.17) is 10.8 Å². The van der Waals surface area contributed by atoms with Crippen LogP contribution in [0.1, 0.15) is 27.2 Å². The molecule has 0 aromatic carbocycles. The molecule has 4 heteroatoms. The van der Waals surface area contributed by atoms with E-state index in [1.807, 2.05) is 7.05 Å². The molecular weight excluding hydrogens is 180 g/mol. The molecule has 0 aromatic rings. The van der Waals surface area contributed by atoms with Crippen molar-refractivity contribution >= 4 is 5.97 Å². The molecule has 1 atom stereocenters. The highest BCUT2D eigenvalue weighted by Gasteiger charge is 2.16. The van der Waals surface area contributed by atoms with Crippen LogP contribution in [0.25, 0.3) is 0 Å². The molecule has 84 valence electrons. The van der Waals surface area contributed by atoms with Crippen LogP contribution in [0.5, 0.6) is 0 Å². The average Bonchev–Trinajstić information content (AvgIpc) is 1.77. The first-order valence-corrected chi connectivity index (χ1v) is 4.86. The van der Waals surface area contributed by atoms with Crippen LogP contribution in [-0.4, -0.2) is 42.2 Å². The van der Waals surface area contributed by atoms with Gasteiger partial charge in [-0.1, -0.05) is 20.8 Å². The van der Waals surface area contributed by atoms with Crippen LogP contribution in [-0.2, 0) is 4.79 Å². The van der Waals surface area contributed by atoms with E-state index in [-0.39, 0.29) is 17.9 Å². The van der Waals surface area contributed by atoms with Crippen LogP contribution >= 0.6 is 0 Å². The second kappa shape index (κ2) is 5.32. The third-order valence-corrected chi connectivity index (χ3v) is 1.73. The predicted molar refractivity (Wildman–Crippen MR) is 57.2 cm³/mol. The molecule has 0 aliphatic carbocycles. The van der Waals surface area contributed by atoms with Gasteiger partial charge >= 0.3 is 5.97 Å². The fraction of sp³-hybridized carbons (Fsp3) is 0.900. The molecule has 14 heavy (non-hydrogen) atoms. The van der Waals surface area contributed by atoms with Gasteiger partial charge in [-0.25, -0.2) is 0 Å². The zero-order chi connectivity index (χ0) is 11.4. The first-order valence-electron chi connectivity index (χ1n) is 4.86. The number of likely N-dealkylation sites (N-methyl/N-ethyl adjacent to an activating group) is 1. The van der Waals surface area contributed by atoms with Gasteiger partial charge in [-0.15, -0.1) is 0 Å². The molecule has 4 nitrogen and oxygen atoms in total. The maximum Gasteiger partial charge on any atom is 0.304 e. The largest absolute Gasteiger partial charge is 0.481 e. The van der Waals surface area contributed by atoms with Crippen LogP contribution in [0.15, 0.2) is 0 Å². The summed E-state index contributed by atoms with van der Waals surface area (Å²) in [6.45, 7) is 7.98. The Kier molecular flexibility index (Phi) is 5.08. The molecule has 0 radical (unpaired) electrons. The Bertz CT molecular complexity index is 187.